The lowest BCUT2D eigenvalue weighted by Gasteiger charge is -2.03. The Labute approximate surface area is 101 Å². The van der Waals surface area contributed by atoms with Gasteiger partial charge < -0.3 is 0 Å². The number of nitriles is 3. The van der Waals surface area contributed by atoms with Crippen molar-refractivity contribution in [1.29, 1.82) is 15.8 Å². The van der Waals surface area contributed by atoms with Gasteiger partial charge in [-0.3, -0.25) is 0 Å². The van der Waals surface area contributed by atoms with Crippen molar-refractivity contribution in [2.75, 3.05) is 0 Å². The van der Waals surface area contributed by atoms with Crippen molar-refractivity contribution in [3.05, 3.63) is 46.0 Å². The Hall–Kier alpha value is -2.57. The Morgan fingerprint density at radius 3 is 2.00 bits per heavy atom. The Morgan fingerprint density at radius 1 is 1.00 bits per heavy atom. The van der Waals surface area contributed by atoms with Gasteiger partial charge in [0.25, 0.3) is 0 Å². The van der Waals surface area contributed by atoms with Gasteiger partial charge in [-0.2, -0.15) is 15.8 Å². The van der Waals surface area contributed by atoms with Gasteiger partial charge in [0, 0.05) is 0 Å². The van der Waals surface area contributed by atoms with Gasteiger partial charge in [-0.05, 0) is 38.0 Å². The van der Waals surface area contributed by atoms with Crippen LogP contribution in [0.3, 0.4) is 0 Å². The van der Waals surface area contributed by atoms with Crippen LogP contribution in [0.15, 0.2) is 23.8 Å². The fourth-order valence-electron chi connectivity index (χ4n) is 1.42. The standard InChI is InChI=1S/C14H11N3/c1-10(2)3-4-11-5-13(8-16)14(9-17)6-12(11)7-15/h3,5-6H,4H2,1-2H3. The van der Waals surface area contributed by atoms with Crippen LogP contribution in [0.2, 0.25) is 0 Å². The van der Waals surface area contributed by atoms with Gasteiger partial charge >= 0.3 is 0 Å². The lowest BCUT2D eigenvalue weighted by Crippen LogP contribution is -1.94. The number of allylic oxidation sites excluding steroid dienone is 2. The number of hydrogen-bond donors (Lipinski definition) is 0. The van der Waals surface area contributed by atoms with Crippen LogP contribution in [0.1, 0.15) is 36.1 Å². The van der Waals surface area contributed by atoms with Gasteiger partial charge in [0.05, 0.1) is 22.8 Å². The fraction of sp³-hybridized carbons (Fsp3) is 0.214. The van der Waals surface area contributed by atoms with Crippen molar-refractivity contribution < 1.29 is 0 Å². The second-order valence-corrected chi connectivity index (χ2v) is 3.88. The van der Waals surface area contributed by atoms with E-state index in [1.807, 2.05) is 32.1 Å². The highest BCUT2D eigenvalue weighted by Crippen LogP contribution is 2.17. The fourth-order valence-corrected chi connectivity index (χ4v) is 1.42. The Kier molecular flexibility index (Phi) is 4.04. The zero-order valence-electron chi connectivity index (χ0n) is 9.78. The molecule has 0 aromatic heterocycles. The summed E-state index contributed by atoms with van der Waals surface area (Å²) in [5, 5.41) is 26.8. The Morgan fingerprint density at radius 2 is 1.53 bits per heavy atom. The first-order valence-corrected chi connectivity index (χ1v) is 5.13. The molecule has 0 radical (unpaired) electrons. The zero-order valence-corrected chi connectivity index (χ0v) is 9.78. The van der Waals surface area contributed by atoms with E-state index in [4.69, 9.17) is 15.8 Å². The van der Waals surface area contributed by atoms with Gasteiger partial charge in [0.1, 0.15) is 12.1 Å². The average Bonchev–Trinajstić information content (AvgIpc) is 2.34. The zero-order chi connectivity index (χ0) is 12.8. The highest BCUT2D eigenvalue weighted by molar-refractivity contribution is 5.54. The summed E-state index contributed by atoms with van der Waals surface area (Å²) < 4.78 is 0. The third kappa shape index (κ3) is 2.94. The predicted octanol–water partition coefficient (Wildman–Crippen LogP) is 2.81. The molecule has 0 aliphatic carbocycles. The van der Waals surface area contributed by atoms with E-state index in [0.29, 0.717) is 17.5 Å². The molecule has 0 spiro atoms. The quantitative estimate of drug-likeness (QED) is 0.721. The van der Waals surface area contributed by atoms with Gasteiger partial charge in [-0.1, -0.05) is 11.6 Å². The van der Waals surface area contributed by atoms with E-state index in [1.165, 1.54) is 6.07 Å². The van der Waals surface area contributed by atoms with Crippen molar-refractivity contribution >= 4 is 0 Å². The second kappa shape index (κ2) is 5.50. The first-order valence-electron chi connectivity index (χ1n) is 5.13. The van der Waals surface area contributed by atoms with E-state index in [9.17, 15) is 0 Å². The van der Waals surface area contributed by atoms with Crippen molar-refractivity contribution in [3.8, 4) is 18.2 Å². The second-order valence-electron chi connectivity index (χ2n) is 3.88. The number of hydrogen-bond acceptors (Lipinski definition) is 3. The molecular formula is C14H11N3. The summed E-state index contributed by atoms with van der Waals surface area (Å²) in [5.74, 6) is 0. The molecule has 0 amide bonds. The molecule has 0 N–H and O–H groups in total. The van der Waals surface area contributed by atoms with Crippen LogP contribution < -0.4 is 0 Å². The molecular weight excluding hydrogens is 210 g/mol. The van der Waals surface area contributed by atoms with E-state index in [2.05, 4.69) is 6.07 Å². The first kappa shape index (κ1) is 12.5. The third-order valence-electron chi connectivity index (χ3n) is 2.33. The van der Waals surface area contributed by atoms with Gasteiger partial charge in [0.2, 0.25) is 0 Å². The average molecular weight is 221 g/mol. The minimum atomic E-state index is 0.255. The van der Waals surface area contributed by atoms with Crippen molar-refractivity contribution in [1.82, 2.24) is 0 Å². The molecule has 3 nitrogen and oxygen atoms in total. The molecule has 17 heavy (non-hydrogen) atoms. The third-order valence-corrected chi connectivity index (χ3v) is 2.33. The Balaban J connectivity index is 3.33. The molecule has 1 aromatic carbocycles. The normalized spacial score (nSPS) is 8.65. The monoisotopic (exact) mass is 221 g/mol. The summed E-state index contributed by atoms with van der Waals surface area (Å²) >= 11 is 0. The summed E-state index contributed by atoms with van der Waals surface area (Å²) in [4.78, 5) is 0. The maximum absolute atomic E-state index is 9.00. The molecule has 82 valence electrons. The summed E-state index contributed by atoms with van der Waals surface area (Å²) in [6.45, 7) is 3.95. The highest BCUT2D eigenvalue weighted by atomic mass is 14.3. The Bertz CT molecular complexity index is 586. The largest absolute Gasteiger partial charge is 0.192 e. The molecule has 0 aliphatic heterocycles. The maximum atomic E-state index is 9.00. The molecule has 0 aliphatic rings. The number of rotatable bonds is 2. The molecule has 0 saturated carbocycles. The number of benzene rings is 1. The molecule has 3 heteroatoms. The van der Waals surface area contributed by atoms with Crippen LogP contribution in [0.5, 0.6) is 0 Å². The topological polar surface area (TPSA) is 71.4 Å². The molecule has 0 heterocycles. The summed E-state index contributed by atoms with van der Waals surface area (Å²) in [5.41, 5.74) is 2.97. The van der Waals surface area contributed by atoms with Crippen LogP contribution >= 0.6 is 0 Å². The van der Waals surface area contributed by atoms with E-state index in [-0.39, 0.29) is 5.56 Å². The molecule has 0 bridgehead atoms. The van der Waals surface area contributed by atoms with Crippen LogP contribution in [-0.2, 0) is 6.42 Å². The molecule has 0 fully saturated rings. The van der Waals surface area contributed by atoms with Gasteiger partial charge in [0.15, 0.2) is 0 Å². The van der Waals surface area contributed by atoms with Crippen molar-refractivity contribution in [2.45, 2.75) is 20.3 Å². The van der Waals surface area contributed by atoms with Crippen LogP contribution in [-0.4, -0.2) is 0 Å². The smallest absolute Gasteiger partial charge is 0.101 e. The lowest BCUT2D eigenvalue weighted by molar-refractivity contribution is 1.19. The van der Waals surface area contributed by atoms with Crippen LogP contribution in [0.25, 0.3) is 0 Å². The lowest BCUT2D eigenvalue weighted by atomic mass is 9.97. The van der Waals surface area contributed by atoms with Crippen molar-refractivity contribution in [2.24, 2.45) is 0 Å². The number of nitrogens with zero attached hydrogens (tertiary/aromatic N) is 3. The minimum Gasteiger partial charge on any atom is -0.192 e. The molecule has 1 aromatic rings. The van der Waals surface area contributed by atoms with Crippen molar-refractivity contribution in [3.63, 3.8) is 0 Å². The predicted molar refractivity (Wildman–Crippen MR) is 63.7 cm³/mol. The first-order chi connectivity index (χ1) is 8.12. The van der Waals surface area contributed by atoms with Gasteiger partial charge in [-0.25, -0.2) is 0 Å². The maximum Gasteiger partial charge on any atom is 0.101 e. The van der Waals surface area contributed by atoms with E-state index < -0.39 is 0 Å². The van der Waals surface area contributed by atoms with Crippen LogP contribution in [0, 0.1) is 34.0 Å². The summed E-state index contributed by atoms with van der Waals surface area (Å²) in [6, 6.07) is 9.05. The molecule has 0 saturated heterocycles. The minimum absolute atomic E-state index is 0.255. The van der Waals surface area contributed by atoms with E-state index in [1.54, 1.807) is 6.07 Å². The van der Waals surface area contributed by atoms with Crippen LogP contribution in [0.4, 0.5) is 0 Å². The molecule has 0 unspecified atom stereocenters. The van der Waals surface area contributed by atoms with Gasteiger partial charge in [-0.15, -0.1) is 0 Å². The molecule has 1 rings (SSSR count). The summed E-state index contributed by atoms with van der Waals surface area (Å²) in [6.07, 6.45) is 2.59. The summed E-state index contributed by atoms with van der Waals surface area (Å²) in [7, 11) is 0. The SMILES string of the molecule is CC(C)=CCc1cc(C#N)c(C#N)cc1C#N. The highest BCUT2D eigenvalue weighted by Gasteiger charge is 2.08. The van der Waals surface area contributed by atoms with E-state index in [0.717, 1.165) is 11.1 Å². The molecule has 0 atom stereocenters. The van der Waals surface area contributed by atoms with E-state index >= 15 is 0 Å².